The van der Waals surface area contributed by atoms with Gasteiger partial charge in [0.25, 0.3) is 0 Å². The van der Waals surface area contributed by atoms with Crippen molar-refractivity contribution in [2.75, 3.05) is 13.2 Å². The number of halogens is 1. The van der Waals surface area contributed by atoms with Crippen LogP contribution in [0.25, 0.3) is 0 Å². The molecule has 3 N–H and O–H groups in total. The lowest BCUT2D eigenvalue weighted by Gasteiger charge is -2.09. The number of rotatable bonds is 7. The first-order valence-electron chi connectivity index (χ1n) is 5.95. The van der Waals surface area contributed by atoms with Gasteiger partial charge in [-0.25, -0.2) is 13.3 Å². The average molecular weight is 286 g/mol. The van der Waals surface area contributed by atoms with Crippen molar-refractivity contribution in [3.05, 3.63) is 36.2 Å². The van der Waals surface area contributed by atoms with E-state index >= 15 is 0 Å². The molecule has 1 aromatic rings. The number of nitrogens with two attached hydrogens (primary N) is 1. The summed E-state index contributed by atoms with van der Waals surface area (Å²) in [6.07, 6.45) is 0.454. The molecule has 0 amide bonds. The van der Waals surface area contributed by atoms with Crippen LogP contribution in [0.1, 0.15) is 13.8 Å². The van der Waals surface area contributed by atoms with E-state index < -0.39 is 11.0 Å². The maximum absolute atomic E-state index is 12.3. The van der Waals surface area contributed by atoms with Gasteiger partial charge in [-0.3, -0.25) is 0 Å². The van der Waals surface area contributed by atoms with Crippen LogP contribution in [0.2, 0.25) is 0 Å². The van der Waals surface area contributed by atoms with Crippen LogP contribution in [0.4, 0.5) is 4.39 Å². The molecule has 6 heteroatoms. The van der Waals surface area contributed by atoms with Crippen LogP contribution >= 0.6 is 0 Å². The molecule has 0 spiro atoms. The second-order valence-corrected chi connectivity index (χ2v) is 5.52. The maximum Gasteiger partial charge on any atom is 0.125 e. The summed E-state index contributed by atoms with van der Waals surface area (Å²) in [6, 6.07) is 6.95. The third-order valence-corrected chi connectivity index (χ3v) is 3.61. The van der Waals surface area contributed by atoms with Crippen molar-refractivity contribution in [1.82, 2.24) is 4.72 Å². The van der Waals surface area contributed by atoms with Crippen LogP contribution in [0, 0.1) is 0 Å². The van der Waals surface area contributed by atoms with E-state index in [1.807, 2.05) is 13.8 Å². The highest BCUT2D eigenvalue weighted by Crippen LogP contribution is 2.15. The molecule has 0 saturated heterocycles. The van der Waals surface area contributed by atoms with Crippen molar-refractivity contribution < 1.29 is 13.3 Å². The molecule has 0 aliphatic carbocycles. The zero-order chi connectivity index (χ0) is 14.3. The Labute approximate surface area is 115 Å². The van der Waals surface area contributed by atoms with Gasteiger partial charge in [-0.2, -0.15) is 0 Å². The van der Waals surface area contributed by atoms with E-state index in [4.69, 9.17) is 10.5 Å². The molecule has 0 heterocycles. The Morgan fingerprint density at radius 3 is 2.58 bits per heavy atom. The molecule has 1 rings (SSSR count). The summed E-state index contributed by atoms with van der Waals surface area (Å²) in [5, 5.41) is 0. The zero-order valence-corrected chi connectivity index (χ0v) is 11.9. The van der Waals surface area contributed by atoms with Crippen LogP contribution < -0.4 is 15.2 Å². The van der Waals surface area contributed by atoms with E-state index in [0.29, 0.717) is 22.5 Å². The van der Waals surface area contributed by atoms with E-state index in [0.717, 1.165) is 0 Å². The Kier molecular flexibility index (Phi) is 6.69. The van der Waals surface area contributed by atoms with Gasteiger partial charge in [0.15, 0.2) is 0 Å². The summed E-state index contributed by atoms with van der Waals surface area (Å²) in [7, 11) is -1.23. The Hall–Kier alpha value is -1.24. The minimum atomic E-state index is -1.23. The molecular formula is C13H19FN2O2S. The van der Waals surface area contributed by atoms with Gasteiger partial charge in [-0.1, -0.05) is 0 Å². The Morgan fingerprint density at radius 2 is 2.11 bits per heavy atom. The molecular weight excluding hydrogens is 267 g/mol. The average Bonchev–Trinajstić information content (AvgIpc) is 2.39. The van der Waals surface area contributed by atoms with Gasteiger partial charge in [-0.15, -0.1) is 0 Å². The predicted octanol–water partition coefficient (Wildman–Crippen LogP) is 1.90. The second kappa shape index (κ2) is 8.04. The molecule has 1 unspecified atom stereocenters. The standard InChI is InChI=1S/C13H19FN2O2S/c1-10(2)16-19(17)13-5-3-12(4-6-13)18-9-11(7-14)8-15/h3-7,10,16H,8-9,15H2,1-2H3/b11-7-. The Bertz CT molecular complexity index is 446. The van der Waals surface area contributed by atoms with E-state index in [1.165, 1.54) is 0 Å². The van der Waals surface area contributed by atoms with Crippen LogP contribution in [0.15, 0.2) is 41.1 Å². The highest BCUT2D eigenvalue weighted by atomic mass is 32.2. The lowest BCUT2D eigenvalue weighted by molar-refractivity contribution is 0.347. The number of hydrogen-bond acceptors (Lipinski definition) is 3. The number of benzene rings is 1. The molecule has 0 radical (unpaired) electrons. The summed E-state index contributed by atoms with van der Waals surface area (Å²) < 4.78 is 32.4. The molecule has 0 aromatic heterocycles. The van der Waals surface area contributed by atoms with Gasteiger partial charge < -0.3 is 10.5 Å². The highest BCUT2D eigenvalue weighted by molar-refractivity contribution is 7.83. The molecule has 106 valence electrons. The van der Waals surface area contributed by atoms with Crippen molar-refractivity contribution in [2.24, 2.45) is 5.73 Å². The first kappa shape index (κ1) is 15.8. The fourth-order valence-electron chi connectivity index (χ4n) is 1.25. The lowest BCUT2D eigenvalue weighted by Crippen LogP contribution is -2.24. The van der Waals surface area contributed by atoms with Crippen molar-refractivity contribution in [2.45, 2.75) is 24.8 Å². The highest BCUT2D eigenvalue weighted by Gasteiger charge is 2.05. The Morgan fingerprint density at radius 1 is 1.47 bits per heavy atom. The van der Waals surface area contributed by atoms with Crippen molar-refractivity contribution >= 4 is 11.0 Å². The lowest BCUT2D eigenvalue weighted by atomic mass is 10.3. The third-order valence-electron chi connectivity index (χ3n) is 2.22. The van der Waals surface area contributed by atoms with E-state index in [-0.39, 0.29) is 19.2 Å². The summed E-state index contributed by atoms with van der Waals surface area (Å²) >= 11 is 0. The second-order valence-electron chi connectivity index (χ2n) is 4.27. The van der Waals surface area contributed by atoms with Crippen molar-refractivity contribution in [1.29, 1.82) is 0 Å². The van der Waals surface area contributed by atoms with E-state index in [2.05, 4.69) is 4.72 Å². The monoisotopic (exact) mass is 286 g/mol. The number of nitrogens with one attached hydrogen (secondary N) is 1. The fraction of sp³-hybridized carbons (Fsp3) is 0.385. The van der Waals surface area contributed by atoms with Crippen LogP contribution in [-0.2, 0) is 11.0 Å². The minimum Gasteiger partial charge on any atom is -0.489 e. The van der Waals surface area contributed by atoms with Gasteiger partial charge in [0, 0.05) is 18.2 Å². The van der Waals surface area contributed by atoms with E-state index in [1.54, 1.807) is 24.3 Å². The van der Waals surface area contributed by atoms with Crippen LogP contribution in [0.5, 0.6) is 5.75 Å². The molecule has 4 nitrogen and oxygen atoms in total. The molecule has 0 fully saturated rings. The molecule has 19 heavy (non-hydrogen) atoms. The normalized spacial score (nSPS) is 13.6. The van der Waals surface area contributed by atoms with Gasteiger partial charge in [0.1, 0.15) is 23.3 Å². The molecule has 0 saturated carbocycles. The first-order valence-corrected chi connectivity index (χ1v) is 7.10. The van der Waals surface area contributed by atoms with Crippen molar-refractivity contribution in [3.63, 3.8) is 0 Å². The topological polar surface area (TPSA) is 64.3 Å². The zero-order valence-electron chi connectivity index (χ0n) is 11.1. The molecule has 0 aliphatic heterocycles. The summed E-state index contributed by atoms with van der Waals surface area (Å²) in [6.45, 7) is 4.08. The third kappa shape index (κ3) is 5.50. The van der Waals surface area contributed by atoms with Gasteiger partial charge in [-0.05, 0) is 38.1 Å². The first-order chi connectivity index (χ1) is 9.06. The smallest absolute Gasteiger partial charge is 0.125 e. The molecule has 0 bridgehead atoms. The fourth-order valence-corrected chi connectivity index (χ4v) is 2.20. The number of hydrogen-bond donors (Lipinski definition) is 2. The van der Waals surface area contributed by atoms with E-state index in [9.17, 15) is 8.60 Å². The Balaban J connectivity index is 2.59. The minimum absolute atomic E-state index is 0.111. The van der Waals surface area contributed by atoms with Gasteiger partial charge in [0.05, 0.1) is 11.2 Å². The maximum atomic E-state index is 12.3. The van der Waals surface area contributed by atoms with Crippen LogP contribution in [-0.4, -0.2) is 23.4 Å². The molecule has 1 aromatic carbocycles. The quantitative estimate of drug-likeness (QED) is 0.804. The SMILES string of the molecule is CC(C)NS(=O)c1ccc(OC/C(=C\F)CN)cc1. The summed E-state index contributed by atoms with van der Waals surface area (Å²) in [4.78, 5) is 0.668. The van der Waals surface area contributed by atoms with Gasteiger partial charge >= 0.3 is 0 Å². The molecule has 0 aliphatic rings. The summed E-state index contributed by atoms with van der Waals surface area (Å²) in [5.41, 5.74) is 5.70. The van der Waals surface area contributed by atoms with Crippen molar-refractivity contribution in [3.8, 4) is 5.75 Å². The largest absolute Gasteiger partial charge is 0.489 e. The predicted molar refractivity (Wildman–Crippen MR) is 74.9 cm³/mol. The van der Waals surface area contributed by atoms with Gasteiger partial charge in [0.2, 0.25) is 0 Å². The molecule has 1 atom stereocenters. The van der Waals surface area contributed by atoms with Crippen LogP contribution in [0.3, 0.4) is 0 Å². The number of ether oxygens (including phenoxy) is 1. The summed E-state index contributed by atoms with van der Waals surface area (Å²) in [5.74, 6) is 0.582.